The summed E-state index contributed by atoms with van der Waals surface area (Å²) in [5.74, 6) is 0. The Morgan fingerprint density at radius 2 is 0.974 bits per heavy atom. The van der Waals surface area contributed by atoms with E-state index in [0.29, 0.717) is 0 Å². The van der Waals surface area contributed by atoms with Crippen LogP contribution in [0.15, 0.2) is 151 Å². The minimum Gasteiger partial charge on any atom is -0.356 e. The van der Waals surface area contributed by atoms with Gasteiger partial charge in [-0.25, -0.2) is 0 Å². The molecule has 0 saturated carbocycles. The first-order chi connectivity index (χ1) is 19.2. The number of nitrogens with zero attached hydrogens (tertiary/aromatic N) is 1. The third kappa shape index (κ3) is 5.71. The van der Waals surface area contributed by atoms with Crippen LogP contribution in [0.4, 0.5) is 17.1 Å². The molecule has 39 heavy (non-hydrogen) atoms. The number of anilines is 3. The van der Waals surface area contributed by atoms with Crippen molar-refractivity contribution in [3.8, 4) is 22.3 Å². The van der Waals surface area contributed by atoms with Crippen molar-refractivity contribution in [2.75, 3.05) is 17.3 Å². The number of benzene rings is 5. The van der Waals surface area contributed by atoms with E-state index in [-0.39, 0.29) is 0 Å². The Morgan fingerprint density at radius 1 is 0.513 bits per heavy atom. The van der Waals surface area contributed by atoms with E-state index in [4.69, 9.17) is 0 Å². The topological polar surface area (TPSA) is 15.3 Å². The number of hydrogen-bond acceptors (Lipinski definition) is 2. The van der Waals surface area contributed by atoms with Crippen LogP contribution in [-0.2, 0) is 0 Å². The minimum absolute atomic E-state index is 1.05. The highest BCUT2D eigenvalue weighted by atomic mass is 15.1. The van der Waals surface area contributed by atoms with Gasteiger partial charge in [0.05, 0.1) is 0 Å². The van der Waals surface area contributed by atoms with E-state index < -0.39 is 0 Å². The standard InChI is InChI=1S/C37H32N2/c1-39(36-23-17-31(18-24-36)28-9-4-2-5-10-28)37-25-19-32(20-26-37)30-15-21-34(22-16-30)38-35-14-8-13-33(27-35)29-11-6-3-7-12-29/h2-7,9-12,14-27,38H,8,13H2,1H3. The first-order valence-corrected chi connectivity index (χ1v) is 13.6. The van der Waals surface area contributed by atoms with Gasteiger partial charge < -0.3 is 10.2 Å². The van der Waals surface area contributed by atoms with Gasteiger partial charge in [0.2, 0.25) is 0 Å². The van der Waals surface area contributed by atoms with Crippen molar-refractivity contribution in [1.29, 1.82) is 0 Å². The molecule has 0 spiro atoms. The second kappa shape index (κ2) is 11.3. The van der Waals surface area contributed by atoms with Crippen LogP contribution >= 0.6 is 0 Å². The molecule has 2 heteroatoms. The maximum absolute atomic E-state index is 3.59. The van der Waals surface area contributed by atoms with Crippen molar-refractivity contribution < 1.29 is 0 Å². The van der Waals surface area contributed by atoms with Gasteiger partial charge in [0.1, 0.15) is 0 Å². The molecule has 0 atom stereocenters. The van der Waals surface area contributed by atoms with E-state index in [1.165, 1.54) is 39.1 Å². The number of hydrogen-bond donors (Lipinski definition) is 1. The largest absolute Gasteiger partial charge is 0.356 e. The Kier molecular flexibility index (Phi) is 7.09. The second-order valence-corrected chi connectivity index (χ2v) is 9.95. The van der Waals surface area contributed by atoms with Crippen LogP contribution < -0.4 is 10.2 Å². The SMILES string of the molecule is CN(c1ccc(-c2ccccc2)cc1)c1ccc(-c2ccc(NC3=CCCC(c4ccccc4)=C3)cc2)cc1. The summed E-state index contributed by atoms with van der Waals surface area (Å²) in [4.78, 5) is 2.22. The summed E-state index contributed by atoms with van der Waals surface area (Å²) in [5, 5.41) is 3.59. The molecule has 0 heterocycles. The zero-order valence-corrected chi connectivity index (χ0v) is 22.2. The van der Waals surface area contributed by atoms with Gasteiger partial charge in [0.15, 0.2) is 0 Å². The molecule has 0 unspecified atom stereocenters. The molecule has 0 amide bonds. The fraction of sp³-hybridized carbons (Fsp3) is 0.0811. The molecule has 6 rings (SSSR count). The third-order valence-corrected chi connectivity index (χ3v) is 7.38. The molecule has 0 radical (unpaired) electrons. The molecule has 5 aromatic rings. The molecule has 1 N–H and O–H groups in total. The van der Waals surface area contributed by atoms with Crippen LogP contribution in [0, 0.1) is 0 Å². The number of rotatable bonds is 7. The van der Waals surface area contributed by atoms with Gasteiger partial charge in [-0.1, -0.05) is 103 Å². The van der Waals surface area contributed by atoms with Gasteiger partial charge >= 0.3 is 0 Å². The van der Waals surface area contributed by atoms with E-state index >= 15 is 0 Å². The first-order valence-electron chi connectivity index (χ1n) is 13.6. The van der Waals surface area contributed by atoms with E-state index in [1.54, 1.807) is 0 Å². The lowest BCUT2D eigenvalue weighted by molar-refractivity contribution is 1.04. The lowest BCUT2D eigenvalue weighted by Gasteiger charge is -2.20. The van der Waals surface area contributed by atoms with E-state index in [0.717, 1.165) is 29.9 Å². The lowest BCUT2D eigenvalue weighted by Crippen LogP contribution is -2.08. The summed E-state index contributed by atoms with van der Waals surface area (Å²) in [6, 6.07) is 47.4. The predicted molar refractivity (Wildman–Crippen MR) is 167 cm³/mol. The Hall–Kier alpha value is -4.82. The van der Waals surface area contributed by atoms with Crippen LogP contribution in [0.1, 0.15) is 18.4 Å². The fourth-order valence-corrected chi connectivity index (χ4v) is 5.12. The van der Waals surface area contributed by atoms with Crippen LogP contribution in [0.25, 0.3) is 27.8 Å². The molecule has 0 aliphatic heterocycles. The van der Waals surface area contributed by atoms with Crippen molar-refractivity contribution in [2.45, 2.75) is 12.8 Å². The van der Waals surface area contributed by atoms with Crippen molar-refractivity contribution in [2.24, 2.45) is 0 Å². The van der Waals surface area contributed by atoms with Crippen molar-refractivity contribution in [3.63, 3.8) is 0 Å². The molecule has 5 aromatic carbocycles. The van der Waals surface area contributed by atoms with Gasteiger partial charge in [-0.05, 0) is 88.7 Å². The highest BCUT2D eigenvalue weighted by Gasteiger charge is 2.09. The minimum atomic E-state index is 1.05. The average Bonchev–Trinajstić information content (AvgIpc) is 3.02. The third-order valence-electron chi connectivity index (χ3n) is 7.38. The second-order valence-electron chi connectivity index (χ2n) is 9.95. The maximum Gasteiger partial charge on any atom is 0.0408 e. The normalized spacial score (nSPS) is 12.8. The summed E-state index contributed by atoms with van der Waals surface area (Å²) < 4.78 is 0. The molecular formula is C37H32N2. The molecule has 190 valence electrons. The van der Waals surface area contributed by atoms with Crippen LogP contribution in [0.2, 0.25) is 0 Å². The van der Waals surface area contributed by atoms with Crippen LogP contribution in [-0.4, -0.2) is 7.05 Å². The Bertz CT molecular complexity index is 1580. The summed E-state index contributed by atoms with van der Waals surface area (Å²) in [5.41, 5.74) is 12.2. The predicted octanol–water partition coefficient (Wildman–Crippen LogP) is 9.96. The van der Waals surface area contributed by atoms with Gasteiger partial charge in [-0.3, -0.25) is 0 Å². The summed E-state index contributed by atoms with van der Waals surface area (Å²) in [6.45, 7) is 0. The summed E-state index contributed by atoms with van der Waals surface area (Å²) in [7, 11) is 2.12. The van der Waals surface area contributed by atoms with Gasteiger partial charge in [0.25, 0.3) is 0 Å². The van der Waals surface area contributed by atoms with Crippen molar-refractivity contribution >= 4 is 22.6 Å². The van der Waals surface area contributed by atoms with E-state index in [1.807, 2.05) is 0 Å². The Labute approximate surface area is 231 Å². The van der Waals surface area contributed by atoms with Gasteiger partial charge in [0, 0.05) is 29.8 Å². The summed E-state index contributed by atoms with van der Waals surface area (Å²) in [6.07, 6.45) is 6.69. The molecule has 0 aromatic heterocycles. The zero-order chi connectivity index (χ0) is 26.4. The zero-order valence-electron chi connectivity index (χ0n) is 22.2. The average molecular weight is 505 g/mol. The molecular weight excluding hydrogens is 472 g/mol. The molecule has 0 fully saturated rings. The summed E-state index contributed by atoms with van der Waals surface area (Å²) >= 11 is 0. The van der Waals surface area contributed by atoms with Crippen LogP contribution in [0.3, 0.4) is 0 Å². The highest BCUT2D eigenvalue weighted by molar-refractivity contribution is 5.74. The molecule has 2 nitrogen and oxygen atoms in total. The highest BCUT2D eigenvalue weighted by Crippen LogP contribution is 2.31. The van der Waals surface area contributed by atoms with Gasteiger partial charge in [-0.15, -0.1) is 0 Å². The molecule has 1 aliphatic carbocycles. The van der Waals surface area contributed by atoms with Gasteiger partial charge in [-0.2, -0.15) is 0 Å². The molecule has 0 saturated heterocycles. The van der Waals surface area contributed by atoms with Crippen molar-refractivity contribution in [1.82, 2.24) is 0 Å². The van der Waals surface area contributed by atoms with E-state index in [2.05, 4.69) is 163 Å². The van der Waals surface area contributed by atoms with E-state index in [9.17, 15) is 0 Å². The first kappa shape index (κ1) is 24.5. The Morgan fingerprint density at radius 3 is 1.51 bits per heavy atom. The number of allylic oxidation sites excluding steroid dienone is 3. The quantitative estimate of drug-likeness (QED) is 0.237. The smallest absolute Gasteiger partial charge is 0.0408 e. The number of nitrogens with one attached hydrogen (secondary N) is 1. The van der Waals surface area contributed by atoms with Crippen LogP contribution in [0.5, 0.6) is 0 Å². The van der Waals surface area contributed by atoms with Crippen molar-refractivity contribution in [3.05, 3.63) is 157 Å². The fourth-order valence-electron chi connectivity index (χ4n) is 5.12. The molecule has 1 aliphatic rings. The Balaban J connectivity index is 1.11. The molecule has 0 bridgehead atoms. The monoisotopic (exact) mass is 504 g/mol. The maximum atomic E-state index is 3.59. The lowest BCUT2D eigenvalue weighted by atomic mass is 9.96.